The second kappa shape index (κ2) is 5.34. The lowest BCUT2D eigenvalue weighted by Gasteiger charge is -2.25. The summed E-state index contributed by atoms with van der Waals surface area (Å²) in [4.78, 5) is 1.18. The van der Waals surface area contributed by atoms with Gasteiger partial charge in [0, 0.05) is 22.9 Å². The number of hydrogen-bond acceptors (Lipinski definition) is 5. The van der Waals surface area contributed by atoms with Crippen LogP contribution in [0.3, 0.4) is 0 Å². The van der Waals surface area contributed by atoms with Crippen LogP contribution in [0.15, 0.2) is 28.5 Å². The first-order valence-corrected chi connectivity index (χ1v) is 7.57. The normalized spacial score (nSPS) is 18.6. The Labute approximate surface area is 113 Å². The smallest absolute Gasteiger partial charge is 0.123 e. The maximum Gasteiger partial charge on any atom is 0.123 e. The van der Waals surface area contributed by atoms with Crippen LogP contribution in [-0.2, 0) is 6.54 Å². The van der Waals surface area contributed by atoms with E-state index in [-0.39, 0.29) is 11.9 Å². The molecular formula is C12H12FN3S2. The molecule has 2 aromatic rings. The number of halogens is 1. The maximum absolute atomic E-state index is 13.3. The summed E-state index contributed by atoms with van der Waals surface area (Å²) in [5, 5.41) is 9.36. The molecule has 0 amide bonds. The molecule has 0 radical (unpaired) electrons. The number of nitrogens with one attached hydrogen (secondary N) is 1. The van der Waals surface area contributed by atoms with E-state index in [0.29, 0.717) is 6.54 Å². The monoisotopic (exact) mass is 281 g/mol. The van der Waals surface area contributed by atoms with E-state index in [9.17, 15) is 4.39 Å². The number of nitrogens with zero attached hydrogens (tertiary/aromatic N) is 2. The van der Waals surface area contributed by atoms with Gasteiger partial charge in [-0.15, -0.1) is 16.9 Å². The van der Waals surface area contributed by atoms with E-state index in [1.54, 1.807) is 17.8 Å². The number of benzene rings is 1. The lowest BCUT2D eigenvalue weighted by Crippen LogP contribution is -2.24. The summed E-state index contributed by atoms with van der Waals surface area (Å²) in [5.74, 6) is 0.893. The fraction of sp³-hybridized carbons (Fsp3) is 0.333. The average Bonchev–Trinajstić information content (AvgIpc) is 2.89. The summed E-state index contributed by atoms with van der Waals surface area (Å²) in [5.41, 5.74) is 2.01. The number of fused-ring (bicyclic) bond motifs is 1. The van der Waals surface area contributed by atoms with Crippen molar-refractivity contribution >= 4 is 23.3 Å². The molecule has 0 saturated heterocycles. The summed E-state index contributed by atoms with van der Waals surface area (Å²) in [6.45, 7) is 0.682. The zero-order valence-electron chi connectivity index (χ0n) is 9.60. The highest BCUT2D eigenvalue weighted by Gasteiger charge is 2.20. The standard InChI is InChI=1S/C12H12FN3S2/c13-8-1-2-12-10(5-8)11(3-4-17-12)14-6-9-7-18-16-15-9/h1-2,5,7,11,14H,3-4,6H2. The van der Waals surface area contributed by atoms with Crippen LogP contribution in [0.1, 0.15) is 23.7 Å². The van der Waals surface area contributed by atoms with Gasteiger partial charge >= 0.3 is 0 Å². The zero-order chi connectivity index (χ0) is 12.4. The fourth-order valence-electron chi connectivity index (χ4n) is 2.07. The summed E-state index contributed by atoms with van der Waals surface area (Å²) in [7, 11) is 0. The molecule has 1 aliphatic heterocycles. The molecule has 1 aromatic heterocycles. The molecule has 0 fully saturated rings. The molecule has 0 spiro atoms. The predicted octanol–water partition coefficient (Wildman–Crippen LogP) is 3.00. The highest BCUT2D eigenvalue weighted by molar-refractivity contribution is 7.99. The third-order valence-electron chi connectivity index (χ3n) is 2.95. The van der Waals surface area contributed by atoms with Crippen LogP contribution in [0.2, 0.25) is 0 Å². The van der Waals surface area contributed by atoms with Crippen LogP contribution < -0.4 is 5.32 Å². The van der Waals surface area contributed by atoms with Crippen molar-refractivity contribution in [1.82, 2.24) is 14.9 Å². The van der Waals surface area contributed by atoms with Gasteiger partial charge in [0.15, 0.2) is 0 Å². The van der Waals surface area contributed by atoms with Crippen molar-refractivity contribution < 1.29 is 4.39 Å². The minimum absolute atomic E-state index is 0.168. The molecule has 1 aromatic carbocycles. The van der Waals surface area contributed by atoms with Crippen LogP contribution >= 0.6 is 23.3 Å². The minimum Gasteiger partial charge on any atom is -0.304 e. The van der Waals surface area contributed by atoms with Gasteiger partial charge in [-0.3, -0.25) is 0 Å². The van der Waals surface area contributed by atoms with Crippen LogP contribution in [-0.4, -0.2) is 15.3 Å². The third kappa shape index (κ3) is 2.55. The number of rotatable bonds is 3. The first-order valence-electron chi connectivity index (χ1n) is 5.74. The van der Waals surface area contributed by atoms with Gasteiger partial charge in [-0.1, -0.05) is 4.49 Å². The van der Waals surface area contributed by atoms with Crippen molar-refractivity contribution in [2.45, 2.75) is 23.9 Å². The molecule has 1 aliphatic rings. The topological polar surface area (TPSA) is 37.8 Å². The van der Waals surface area contributed by atoms with Crippen LogP contribution in [0, 0.1) is 5.82 Å². The van der Waals surface area contributed by atoms with Gasteiger partial charge in [-0.25, -0.2) is 4.39 Å². The van der Waals surface area contributed by atoms with Gasteiger partial charge in [0.1, 0.15) is 5.82 Å². The average molecular weight is 281 g/mol. The first-order chi connectivity index (χ1) is 8.83. The van der Waals surface area contributed by atoms with Gasteiger partial charge in [0.05, 0.1) is 5.69 Å². The number of hydrogen-bond donors (Lipinski definition) is 1. The molecule has 0 saturated carbocycles. The molecule has 1 N–H and O–H groups in total. The molecule has 1 unspecified atom stereocenters. The maximum atomic E-state index is 13.3. The Bertz CT molecular complexity index is 530. The Morgan fingerprint density at radius 2 is 2.39 bits per heavy atom. The highest BCUT2D eigenvalue weighted by atomic mass is 32.2. The second-order valence-electron chi connectivity index (χ2n) is 4.15. The fourth-order valence-corrected chi connectivity index (χ4v) is 3.62. The molecule has 3 rings (SSSR count). The number of thioether (sulfide) groups is 1. The molecule has 18 heavy (non-hydrogen) atoms. The van der Waals surface area contributed by atoms with Crippen LogP contribution in [0.5, 0.6) is 0 Å². The highest BCUT2D eigenvalue weighted by Crippen LogP contribution is 2.36. The lowest BCUT2D eigenvalue weighted by atomic mass is 10.0. The molecular weight excluding hydrogens is 269 g/mol. The Balaban J connectivity index is 1.76. The SMILES string of the molecule is Fc1ccc2c(c1)C(NCc1csnn1)CCS2. The predicted molar refractivity (Wildman–Crippen MR) is 71.2 cm³/mol. The largest absolute Gasteiger partial charge is 0.304 e. The van der Waals surface area contributed by atoms with Crippen molar-refractivity contribution in [3.05, 3.63) is 40.7 Å². The van der Waals surface area contributed by atoms with Gasteiger partial charge in [0.25, 0.3) is 0 Å². The van der Waals surface area contributed by atoms with Gasteiger partial charge in [-0.2, -0.15) is 0 Å². The molecule has 6 heteroatoms. The van der Waals surface area contributed by atoms with Crippen LogP contribution in [0.25, 0.3) is 0 Å². The van der Waals surface area contributed by atoms with Crippen molar-refractivity contribution in [1.29, 1.82) is 0 Å². The Kier molecular flexibility index (Phi) is 3.58. The number of aromatic nitrogens is 2. The van der Waals surface area contributed by atoms with Crippen molar-refractivity contribution in [3.8, 4) is 0 Å². The van der Waals surface area contributed by atoms with Crippen molar-refractivity contribution in [2.24, 2.45) is 0 Å². The Morgan fingerprint density at radius 3 is 3.22 bits per heavy atom. The molecule has 3 nitrogen and oxygen atoms in total. The Hall–Kier alpha value is -0.980. The molecule has 1 atom stereocenters. The summed E-state index contributed by atoms with van der Waals surface area (Å²) in [6.07, 6.45) is 1.01. The van der Waals surface area contributed by atoms with Crippen LogP contribution in [0.4, 0.5) is 4.39 Å². The van der Waals surface area contributed by atoms with E-state index in [4.69, 9.17) is 0 Å². The molecule has 0 aliphatic carbocycles. The molecule has 2 heterocycles. The Morgan fingerprint density at radius 1 is 1.44 bits per heavy atom. The van der Waals surface area contributed by atoms with E-state index in [1.165, 1.54) is 22.5 Å². The van der Waals surface area contributed by atoms with Gasteiger partial charge in [0.2, 0.25) is 0 Å². The lowest BCUT2D eigenvalue weighted by molar-refractivity contribution is 0.500. The first kappa shape index (κ1) is 12.1. The second-order valence-corrected chi connectivity index (χ2v) is 5.90. The van der Waals surface area contributed by atoms with E-state index in [1.807, 2.05) is 11.4 Å². The van der Waals surface area contributed by atoms with E-state index in [2.05, 4.69) is 14.9 Å². The van der Waals surface area contributed by atoms with E-state index in [0.717, 1.165) is 23.4 Å². The van der Waals surface area contributed by atoms with E-state index >= 15 is 0 Å². The van der Waals surface area contributed by atoms with Crippen molar-refractivity contribution in [2.75, 3.05) is 5.75 Å². The molecule has 94 valence electrons. The minimum atomic E-state index is -0.168. The third-order valence-corrected chi connectivity index (χ3v) is 4.62. The summed E-state index contributed by atoms with van der Waals surface area (Å²) >= 11 is 3.14. The molecule has 0 bridgehead atoms. The summed E-state index contributed by atoms with van der Waals surface area (Å²) in [6, 6.07) is 5.24. The van der Waals surface area contributed by atoms with Gasteiger partial charge < -0.3 is 5.32 Å². The van der Waals surface area contributed by atoms with Crippen molar-refractivity contribution in [3.63, 3.8) is 0 Å². The summed E-state index contributed by atoms with van der Waals surface area (Å²) < 4.78 is 17.2. The van der Waals surface area contributed by atoms with Gasteiger partial charge in [-0.05, 0) is 47.5 Å². The zero-order valence-corrected chi connectivity index (χ0v) is 11.2. The quantitative estimate of drug-likeness (QED) is 0.938. The van der Waals surface area contributed by atoms with E-state index < -0.39 is 0 Å².